The first-order valence-electron chi connectivity index (χ1n) is 7.52. The third-order valence-corrected chi connectivity index (χ3v) is 4.96. The first kappa shape index (κ1) is 12.2. The zero-order chi connectivity index (χ0) is 12.9. The van der Waals surface area contributed by atoms with Crippen molar-refractivity contribution in [1.29, 1.82) is 0 Å². The third kappa shape index (κ3) is 1.88. The molecule has 1 heterocycles. The smallest absolute Gasteiger partial charge is 0.0859 e. The molecule has 100 valence electrons. The standard InChI is InChI=1S/C15H25N3/c1-9(2)15-11-5-7-13-14(8-6-12(11)15)18(10(3)4)17-16-13/h9-12,15H,5-8H2,1-4H3/t11-,12+,15-/m1/s1. The van der Waals surface area contributed by atoms with E-state index < -0.39 is 0 Å². The van der Waals surface area contributed by atoms with Gasteiger partial charge in [-0.15, -0.1) is 5.10 Å². The summed E-state index contributed by atoms with van der Waals surface area (Å²) in [5, 5.41) is 8.76. The minimum Gasteiger partial charge on any atom is -0.247 e. The van der Waals surface area contributed by atoms with Gasteiger partial charge in [-0.05, 0) is 63.2 Å². The maximum atomic E-state index is 4.42. The van der Waals surface area contributed by atoms with E-state index in [1.165, 1.54) is 30.7 Å². The van der Waals surface area contributed by atoms with Gasteiger partial charge in [-0.2, -0.15) is 0 Å². The average Bonchev–Trinajstić information content (AvgIpc) is 2.81. The van der Waals surface area contributed by atoms with Gasteiger partial charge in [-0.3, -0.25) is 0 Å². The van der Waals surface area contributed by atoms with Gasteiger partial charge in [-0.1, -0.05) is 19.1 Å². The fourth-order valence-electron chi connectivity index (χ4n) is 4.10. The van der Waals surface area contributed by atoms with Crippen molar-refractivity contribution in [3.05, 3.63) is 11.4 Å². The van der Waals surface area contributed by atoms with E-state index >= 15 is 0 Å². The highest BCUT2D eigenvalue weighted by Crippen LogP contribution is 2.56. The molecule has 1 saturated carbocycles. The van der Waals surface area contributed by atoms with Crippen molar-refractivity contribution in [3.8, 4) is 0 Å². The molecule has 2 aliphatic carbocycles. The molecule has 18 heavy (non-hydrogen) atoms. The Morgan fingerprint density at radius 1 is 1.06 bits per heavy atom. The van der Waals surface area contributed by atoms with Crippen molar-refractivity contribution in [2.75, 3.05) is 0 Å². The Balaban J connectivity index is 1.79. The minimum atomic E-state index is 0.441. The monoisotopic (exact) mass is 247 g/mol. The maximum Gasteiger partial charge on any atom is 0.0859 e. The van der Waals surface area contributed by atoms with Gasteiger partial charge in [-0.25, -0.2) is 4.68 Å². The van der Waals surface area contributed by atoms with Crippen LogP contribution in [0.1, 0.15) is 58.0 Å². The first-order valence-corrected chi connectivity index (χ1v) is 7.52. The number of hydrogen-bond acceptors (Lipinski definition) is 2. The second-order valence-corrected chi connectivity index (χ2v) is 6.75. The summed E-state index contributed by atoms with van der Waals surface area (Å²) in [7, 11) is 0. The number of fused-ring (bicyclic) bond motifs is 2. The van der Waals surface area contributed by atoms with Gasteiger partial charge in [0.25, 0.3) is 0 Å². The summed E-state index contributed by atoms with van der Waals surface area (Å²) in [5.74, 6) is 3.79. The summed E-state index contributed by atoms with van der Waals surface area (Å²) in [6.45, 7) is 9.17. The van der Waals surface area contributed by atoms with Crippen LogP contribution in [0.15, 0.2) is 0 Å². The van der Waals surface area contributed by atoms with E-state index in [1.807, 2.05) is 0 Å². The van der Waals surface area contributed by atoms with Gasteiger partial charge in [0.2, 0.25) is 0 Å². The van der Waals surface area contributed by atoms with Crippen LogP contribution in [0.4, 0.5) is 0 Å². The van der Waals surface area contributed by atoms with Crippen molar-refractivity contribution in [1.82, 2.24) is 15.0 Å². The van der Waals surface area contributed by atoms with Crippen LogP contribution in [0.5, 0.6) is 0 Å². The summed E-state index contributed by atoms with van der Waals surface area (Å²) in [4.78, 5) is 0. The van der Waals surface area contributed by atoms with E-state index in [0.29, 0.717) is 6.04 Å². The summed E-state index contributed by atoms with van der Waals surface area (Å²) >= 11 is 0. The van der Waals surface area contributed by atoms with Gasteiger partial charge >= 0.3 is 0 Å². The molecular weight excluding hydrogens is 222 g/mol. The molecule has 0 bridgehead atoms. The van der Waals surface area contributed by atoms with E-state index in [2.05, 4.69) is 42.7 Å². The zero-order valence-electron chi connectivity index (χ0n) is 12.1. The lowest BCUT2D eigenvalue weighted by atomic mass is 10.0. The molecule has 1 aromatic heterocycles. The Morgan fingerprint density at radius 2 is 1.72 bits per heavy atom. The van der Waals surface area contributed by atoms with Crippen LogP contribution < -0.4 is 0 Å². The molecule has 0 amide bonds. The predicted molar refractivity (Wildman–Crippen MR) is 72.4 cm³/mol. The fraction of sp³-hybridized carbons (Fsp3) is 0.867. The highest BCUT2D eigenvalue weighted by atomic mass is 15.4. The van der Waals surface area contributed by atoms with E-state index in [9.17, 15) is 0 Å². The van der Waals surface area contributed by atoms with Gasteiger partial charge < -0.3 is 0 Å². The van der Waals surface area contributed by atoms with Crippen molar-refractivity contribution in [2.45, 2.75) is 59.4 Å². The van der Waals surface area contributed by atoms with Gasteiger partial charge in [0.15, 0.2) is 0 Å². The van der Waals surface area contributed by atoms with Gasteiger partial charge in [0.05, 0.1) is 11.4 Å². The van der Waals surface area contributed by atoms with E-state index in [4.69, 9.17) is 0 Å². The van der Waals surface area contributed by atoms with Crippen LogP contribution in [-0.4, -0.2) is 15.0 Å². The van der Waals surface area contributed by atoms with Crippen molar-refractivity contribution < 1.29 is 0 Å². The van der Waals surface area contributed by atoms with Crippen LogP contribution in [0.25, 0.3) is 0 Å². The highest BCUT2D eigenvalue weighted by Gasteiger charge is 2.50. The number of hydrogen-bond donors (Lipinski definition) is 0. The summed E-state index contributed by atoms with van der Waals surface area (Å²) in [6.07, 6.45) is 5.01. The first-order chi connectivity index (χ1) is 8.59. The lowest BCUT2D eigenvalue weighted by Gasteiger charge is -2.12. The molecule has 1 fully saturated rings. The van der Waals surface area contributed by atoms with Crippen molar-refractivity contribution in [3.63, 3.8) is 0 Å². The van der Waals surface area contributed by atoms with Crippen LogP contribution in [0, 0.1) is 23.7 Å². The molecule has 0 N–H and O–H groups in total. The summed E-state index contributed by atoms with van der Waals surface area (Å²) in [6, 6.07) is 0.441. The SMILES string of the molecule is CC(C)[C@@H]1[C@@H]2CCc3nnn(C(C)C)c3CC[C@@H]21. The molecule has 3 heteroatoms. The molecule has 3 atom stereocenters. The maximum absolute atomic E-state index is 4.42. The second-order valence-electron chi connectivity index (χ2n) is 6.75. The third-order valence-electron chi connectivity index (χ3n) is 4.96. The van der Waals surface area contributed by atoms with Crippen molar-refractivity contribution >= 4 is 0 Å². The van der Waals surface area contributed by atoms with E-state index in [0.717, 1.165) is 30.1 Å². The highest BCUT2D eigenvalue weighted by molar-refractivity contribution is 5.15. The second kappa shape index (κ2) is 4.36. The molecule has 0 saturated heterocycles. The molecular formula is C15H25N3. The van der Waals surface area contributed by atoms with Crippen LogP contribution in [0.2, 0.25) is 0 Å². The Bertz CT molecular complexity index is 433. The predicted octanol–water partition coefficient (Wildman–Crippen LogP) is 3.26. The number of aromatic nitrogens is 3. The molecule has 0 radical (unpaired) electrons. The molecule has 2 aliphatic rings. The quantitative estimate of drug-likeness (QED) is 0.803. The number of rotatable bonds is 2. The Kier molecular flexibility index (Phi) is 2.95. The lowest BCUT2D eigenvalue weighted by Crippen LogP contribution is -2.10. The summed E-state index contributed by atoms with van der Waals surface area (Å²) in [5.41, 5.74) is 2.69. The van der Waals surface area contributed by atoms with Gasteiger partial charge in [0.1, 0.15) is 0 Å². The lowest BCUT2D eigenvalue weighted by molar-refractivity contribution is 0.472. The van der Waals surface area contributed by atoms with Crippen LogP contribution in [0.3, 0.4) is 0 Å². The Morgan fingerprint density at radius 3 is 2.33 bits per heavy atom. The molecule has 1 aromatic rings. The number of nitrogens with zero attached hydrogens (tertiary/aromatic N) is 3. The average molecular weight is 247 g/mol. The van der Waals surface area contributed by atoms with E-state index in [-0.39, 0.29) is 0 Å². The molecule has 0 aromatic carbocycles. The van der Waals surface area contributed by atoms with E-state index in [1.54, 1.807) is 0 Å². The molecule has 3 nitrogen and oxygen atoms in total. The Labute approximate surface area is 110 Å². The molecule has 0 aliphatic heterocycles. The Hall–Kier alpha value is -0.860. The number of aryl methyl sites for hydroxylation is 1. The normalized spacial score (nSPS) is 30.9. The molecule has 3 rings (SSSR count). The summed E-state index contributed by atoms with van der Waals surface area (Å²) < 4.78 is 2.14. The molecule has 0 spiro atoms. The fourth-order valence-corrected chi connectivity index (χ4v) is 4.10. The molecule has 0 unspecified atom stereocenters. The topological polar surface area (TPSA) is 30.7 Å². The largest absolute Gasteiger partial charge is 0.247 e. The minimum absolute atomic E-state index is 0.441. The zero-order valence-corrected chi connectivity index (χ0v) is 12.1. The van der Waals surface area contributed by atoms with Crippen LogP contribution >= 0.6 is 0 Å². The van der Waals surface area contributed by atoms with Gasteiger partial charge in [0, 0.05) is 6.04 Å². The van der Waals surface area contributed by atoms with Crippen molar-refractivity contribution in [2.24, 2.45) is 23.7 Å². The van der Waals surface area contributed by atoms with Crippen LogP contribution in [-0.2, 0) is 12.8 Å².